The van der Waals surface area contributed by atoms with Crippen molar-refractivity contribution in [2.45, 2.75) is 56.2 Å². The molecule has 1 saturated heterocycles. The van der Waals surface area contributed by atoms with Gasteiger partial charge in [-0.15, -0.1) is 0 Å². The number of carbonyl (C=O) groups is 2. The number of fused-ring (bicyclic) bond motifs is 1. The number of aromatic nitrogens is 2. The fourth-order valence-electron chi connectivity index (χ4n) is 6.40. The minimum Gasteiger partial charge on any atom is -0.464 e. The first-order valence-corrected chi connectivity index (χ1v) is 17.0. The summed E-state index contributed by atoms with van der Waals surface area (Å²) >= 11 is 0. The number of carbonyl (C=O) groups excluding carboxylic acids is 2. The molecular formula is C40H39F3N4O4. The van der Waals surface area contributed by atoms with Crippen LogP contribution in [0.2, 0.25) is 0 Å². The zero-order valence-electron chi connectivity index (χ0n) is 27.9. The molecule has 1 aliphatic rings. The molecule has 264 valence electrons. The lowest BCUT2D eigenvalue weighted by atomic mass is 9.82. The van der Waals surface area contributed by atoms with Crippen molar-refractivity contribution in [1.82, 2.24) is 15.3 Å². The predicted molar refractivity (Wildman–Crippen MR) is 186 cm³/mol. The van der Waals surface area contributed by atoms with E-state index in [9.17, 15) is 18.4 Å². The summed E-state index contributed by atoms with van der Waals surface area (Å²) in [6, 6.07) is 19.9. The first-order valence-electron chi connectivity index (χ1n) is 17.0. The molecule has 1 aliphatic heterocycles. The number of rotatable bonds is 14. The van der Waals surface area contributed by atoms with E-state index in [2.05, 4.69) is 15.3 Å². The van der Waals surface area contributed by atoms with Crippen LogP contribution in [0.4, 0.5) is 13.2 Å². The number of ketones is 1. The lowest BCUT2D eigenvalue weighted by Gasteiger charge is -2.30. The predicted octanol–water partition coefficient (Wildman–Crippen LogP) is 5.78. The highest BCUT2D eigenvalue weighted by Crippen LogP contribution is 2.29. The van der Waals surface area contributed by atoms with Crippen molar-refractivity contribution in [1.29, 1.82) is 0 Å². The molecule has 51 heavy (non-hydrogen) atoms. The number of Topliss-reactive ketones (excluding diaryl/α,β-unsaturated/α-hetero) is 1. The zero-order valence-corrected chi connectivity index (χ0v) is 27.9. The van der Waals surface area contributed by atoms with Crippen molar-refractivity contribution in [3.8, 4) is 0 Å². The topological polar surface area (TPSA) is 116 Å². The van der Waals surface area contributed by atoms with E-state index in [4.69, 9.17) is 15.2 Å². The van der Waals surface area contributed by atoms with Gasteiger partial charge in [-0.05, 0) is 70.8 Å². The molecule has 8 nitrogen and oxygen atoms in total. The van der Waals surface area contributed by atoms with Gasteiger partial charge >= 0.3 is 5.97 Å². The van der Waals surface area contributed by atoms with Crippen molar-refractivity contribution in [2.75, 3.05) is 19.8 Å². The molecule has 3 atom stereocenters. The number of halogens is 3. The maximum Gasteiger partial charge on any atom is 0.306 e. The molecule has 6 rings (SSSR count). The Morgan fingerprint density at radius 1 is 0.902 bits per heavy atom. The summed E-state index contributed by atoms with van der Waals surface area (Å²) in [4.78, 5) is 34.4. The Bertz CT molecular complexity index is 1910. The Balaban J connectivity index is 0.992. The molecule has 0 amide bonds. The quantitative estimate of drug-likeness (QED) is 0.140. The molecule has 1 fully saturated rings. The van der Waals surface area contributed by atoms with Crippen molar-refractivity contribution >= 4 is 22.5 Å². The van der Waals surface area contributed by atoms with Crippen LogP contribution in [0.15, 0.2) is 97.5 Å². The minimum absolute atomic E-state index is 0.166. The highest BCUT2D eigenvalue weighted by atomic mass is 19.1. The minimum atomic E-state index is -1.08. The molecule has 0 bridgehead atoms. The molecule has 0 unspecified atom stereocenters. The molecule has 0 spiro atoms. The van der Waals surface area contributed by atoms with E-state index in [-0.39, 0.29) is 43.3 Å². The van der Waals surface area contributed by atoms with Gasteiger partial charge in [0.25, 0.3) is 0 Å². The number of benzene rings is 3. The summed E-state index contributed by atoms with van der Waals surface area (Å²) in [5.41, 5.74) is 9.31. The standard InChI is InChI=1S/C40H39F3N4O4/c41-30-9-5-25(6-10-30)39(26-7-11-31(42)12-8-26)40(44)37(48)18-29-19-45-22-36(43)35(29)15-14-34-21-47-33(23-50-34)24-51-38(49)16-13-32-17-27-3-1-2-4-28(27)20-46-32/h1-12,17,19-20,22,33-34,39-40,47H,13-16,18,21,23-24,44H2/t33-,34+,40+/m0/s1. The summed E-state index contributed by atoms with van der Waals surface area (Å²) in [7, 11) is 0. The van der Waals surface area contributed by atoms with Crippen LogP contribution in [0.25, 0.3) is 10.8 Å². The van der Waals surface area contributed by atoms with E-state index in [1.807, 2.05) is 30.3 Å². The van der Waals surface area contributed by atoms with Crippen molar-refractivity contribution in [2.24, 2.45) is 5.73 Å². The van der Waals surface area contributed by atoms with Crippen LogP contribution in [0.1, 0.15) is 46.7 Å². The molecule has 3 heterocycles. The molecule has 0 aliphatic carbocycles. The summed E-state index contributed by atoms with van der Waals surface area (Å²) in [5, 5.41) is 5.46. The van der Waals surface area contributed by atoms with Crippen LogP contribution in [0, 0.1) is 17.5 Å². The van der Waals surface area contributed by atoms with Gasteiger partial charge < -0.3 is 20.5 Å². The Hall–Kier alpha value is -4.97. The summed E-state index contributed by atoms with van der Waals surface area (Å²) in [6.07, 6.45) is 5.45. The van der Waals surface area contributed by atoms with E-state index < -0.39 is 29.4 Å². The average Bonchev–Trinajstić information content (AvgIpc) is 3.14. The van der Waals surface area contributed by atoms with Crippen LogP contribution in [0.3, 0.4) is 0 Å². The maximum absolute atomic E-state index is 15.1. The fraction of sp³-hybridized carbons (Fsp3) is 0.300. The number of pyridine rings is 2. The lowest BCUT2D eigenvalue weighted by molar-refractivity contribution is -0.145. The van der Waals surface area contributed by atoms with Gasteiger partial charge in [0, 0.05) is 48.8 Å². The van der Waals surface area contributed by atoms with Gasteiger partial charge in [-0.25, -0.2) is 13.2 Å². The number of morpholine rings is 1. The normalized spacial score (nSPS) is 16.6. The number of nitrogens with zero attached hydrogens (tertiary/aromatic N) is 2. The number of ether oxygens (including phenoxy) is 2. The highest BCUT2D eigenvalue weighted by molar-refractivity contribution is 5.87. The molecule has 0 saturated carbocycles. The Kier molecular flexibility index (Phi) is 11.8. The van der Waals surface area contributed by atoms with E-state index in [1.165, 1.54) is 30.5 Å². The maximum atomic E-state index is 15.1. The van der Waals surface area contributed by atoms with Crippen LogP contribution in [-0.4, -0.2) is 59.7 Å². The van der Waals surface area contributed by atoms with Gasteiger partial charge in [0.05, 0.1) is 37.4 Å². The van der Waals surface area contributed by atoms with E-state index in [0.29, 0.717) is 54.7 Å². The third kappa shape index (κ3) is 9.43. The fourth-order valence-corrected chi connectivity index (χ4v) is 6.40. The second-order valence-electron chi connectivity index (χ2n) is 12.8. The number of nitrogens with one attached hydrogen (secondary N) is 1. The van der Waals surface area contributed by atoms with E-state index in [0.717, 1.165) is 22.7 Å². The second-order valence-corrected chi connectivity index (χ2v) is 12.8. The monoisotopic (exact) mass is 696 g/mol. The van der Waals surface area contributed by atoms with Gasteiger partial charge in [0.1, 0.15) is 24.1 Å². The molecule has 3 aromatic carbocycles. The second kappa shape index (κ2) is 16.8. The van der Waals surface area contributed by atoms with Gasteiger partial charge in [-0.2, -0.15) is 0 Å². The summed E-state index contributed by atoms with van der Waals surface area (Å²) in [5.74, 6) is -2.78. The largest absolute Gasteiger partial charge is 0.464 e. The van der Waals surface area contributed by atoms with Crippen LogP contribution in [-0.2, 0) is 38.3 Å². The highest BCUT2D eigenvalue weighted by Gasteiger charge is 2.29. The molecular weight excluding hydrogens is 657 g/mol. The number of esters is 1. The SMILES string of the molecule is N[C@H](C(=O)Cc1cncc(F)c1CC[C@@H]1CN[C@H](COC(=O)CCc2cc3ccccc3cn2)CO1)C(c1ccc(F)cc1)c1ccc(F)cc1. The molecule has 11 heteroatoms. The summed E-state index contributed by atoms with van der Waals surface area (Å²) < 4.78 is 54.0. The third-order valence-electron chi connectivity index (χ3n) is 9.25. The van der Waals surface area contributed by atoms with Gasteiger partial charge in [-0.3, -0.25) is 19.6 Å². The smallest absolute Gasteiger partial charge is 0.306 e. The van der Waals surface area contributed by atoms with E-state index in [1.54, 1.807) is 30.5 Å². The Morgan fingerprint density at radius 2 is 1.59 bits per heavy atom. The molecule has 2 aromatic heterocycles. The first-order chi connectivity index (χ1) is 24.7. The van der Waals surface area contributed by atoms with Crippen molar-refractivity contribution in [3.63, 3.8) is 0 Å². The zero-order chi connectivity index (χ0) is 35.7. The van der Waals surface area contributed by atoms with Crippen LogP contribution >= 0.6 is 0 Å². The third-order valence-corrected chi connectivity index (χ3v) is 9.25. The molecule has 5 aromatic rings. The van der Waals surface area contributed by atoms with Crippen LogP contribution in [0.5, 0.6) is 0 Å². The number of hydrogen-bond acceptors (Lipinski definition) is 8. The van der Waals surface area contributed by atoms with Crippen molar-refractivity contribution in [3.05, 3.63) is 143 Å². The Morgan fingerprint density at radius 3 is 2.25 bits per heavy atom. The van der Waals surface area contributed by atoms with Gasteiger partial charge in [0.2, 0.25) is 0 Å². The number of aryl methyl sites for hydroxylation is 1. The van der Waals surface area contributed by atoms with Crippen LogP contribution < -0.4 is 11.1 Å². The number of hydrogen-bond donors (Lipinski definition) is 2. The average molecular weight is 697 g/mol. The first kappa shape index (κ1) is 35.8. The molecule has 0 radical (unpaired) electrons. The lowest BCUT2D eigenvalue weighted by Crippen LogP contribution is -2.49. The molecule has 3 N–H and O–H groups in total. The van der Waals surface area contributed by atoms with Gasteiger partial charge in [0.15, 0.2) is 5.78 Å². The number of nitrogens with two attached hydrogens (primary N) is 1. The van der Waals surface area contributed by atoms with E-state index >= 15 is 4.39 Å². The van der Waals surface area contributed by atoms with Crippen molar-refractivity contribution < 1.29 is 32.2 Å². The summed E-state index contributed by atoms with van der Waals surface area (Å²) in [6.45, 7) is 0.961. The Labute approximate surface area is 294 Å². The van der Waals surface area contributed by atoms with Gasteiger partial charge in [-0.1, -0.05) is 48.5 Å².